The zero-order valence-corrected chi connectivity index (χ0v) is 37.5. The summed E-state index contributed by atoms with van der Waals surface area (Å²) in [7, 11) is 0. The second-order valence-corrected chi connectivity index (χ2v) is 16.2. The van der Waals surface area contributed by atoms with Gasteiger partial charge in [-0.1, -0.05) is 164 Å². The van der Waals surface area contributed by atoms with Crippen LogP contribution in [0.2, 0.25) is 0 Å². The minimum absolute atomic E-state index is 0.125. The quantitative estimate of drug-likeness (QED) is 0.0270. The van der Waals surface area contributed by atoms with Crippen molar-refractivity contribution in [2.75, 3.05) is 26.4 Å². The minimum Gasteiger partial charge on any atom is -0.457 e. The molecule has 0 aliphatic carbocycles. The predicted molar refractivity (Wildman–Crippen MR) is 242 cm³/mol. The molecule has 1 fully saturated rings. The standard InChI is InChI=1S/C50H88O9/c1-3-5-7-9-11-13-15-17-19-21-23-25-27-29-31-33-35-37-39-46(52)58-44(43-57-50-49(55)48(54)47(53)45(41-51)59-50)42-56-40-38-36-34-32-30-28-26-24-22-20-18-16-14-12-10-8-6-4-2/h6,8,12,14,18-21,24,26,44-45,47-51,53-55H,3-5,7,9-11,13,15-17,22-23,25,27-43H2,1-2H3/b8-6-,14-12-,20-18-,21-19-,26-24-. The van der Waals surface area contributed by atoms with Crippen LogP contribution in [0.4, 0.5) is 0 Å². The SMILES string of the molecule is CC/C=C\C/C=C\C/C=C\C/C=C\CCCCCCCOCC(COC1OC(CO)C(O)C(O)C1O)OC(=O)CCCCCCCCC/C=C\CCCCCCCCC. The van der Waals surface area contributed by atoms with E-state index in [1.165, 1.54) is 96.3 Å². The number of carbonyl (C=O) groups is 1. The molecule has 1 aliphatic heterocycles. The molecular weight excluding hydrogens is 745 g/mol. The first-order chi connectivity index (χ1) is 28.9. The fourth-order valence-corrected chi connectivity index (χ4v) is 6.95. The third kappa shape index (κ3) is 32.3. The molecule has 342 valence electrons. The largest absolute Gasteiger partial charge is 0.457 e. The van der Waals surface area contributed by atoms with Gasteiger partial charge in [-0.15, -0.1) is 0 Å². The highest BCUT2D eigenvalue weighted by Crippen LogP contribution is 2.22. The average Bonchev–Trinajstić information content (AvgIpc) is 3.24. The van der Waals surface area contributed by atoms with E-state index < -0.39 is 43.4 Å². The van der Waals surface area contributed by atoms with Gasteiger partial charge in [0.2, 0.25) is 0 Å². The van der Waals surface area contributed by atoms with Crippen molar-refractivity contribution in [3.63, 3.8) is 0 Å². The van der Waals surface area contributed by atoms with Gasteiger partial charge in [0, 0.05) is 13.0 Å². The molecular formula is C50H88O9. The van der Waals surface area contributed by atoms with Gasteiger partial charge in [-0.05, 0) is 77.0 Å². The number of ether oxygens (including phenoxy) is 4. The van der Waals surface area contributed by atoms with Crippen LogP contribution in [0, 0.1) is 0 Å². The highest BCUT2D eigenvalue weighted by atomic mass is 16.7. The monoisotopic (exact) mass is 833 g/mol. The fraction of sp³-hybridized carbons (Fsp3) is 0.780. The Morgan fingerprint density at radius 3 is 1.58 bits per heavy atom. The van der Waals surface area contributed by atoms with Gasteiger partial charge in [-0.3, -0.25) is 4.79 Å². The zero-order chi connectivity index (χ0) is 42.9. The Hall–Kier alpha value is -2.11. The van der Waals surface area contributed by atoms with Gasteiger partial charge in [-0.2, -0.15) is 0 Å². The van der Waals surface area contributed by atoms with Crippen LogP contribution in [0.25, 0.3) is 0 Å². The van der Waals surface area contributed by atoms with E-state index in [-0.39, 0.29) is 19.2 Å². The first-order valence-electron chi connectivity index (χ1n) is 23.9. The van der Waals surface area contributed by atoms with Gasteiger partial charge in [0.05, 0.1) is 19.8 Å². The van der Waals surface area contributed by atoms with Crippen molar-refractivity contribution < 1.29 is 44.2 Å². The molecule has 1 rings (SSSR count). The van der Waals surface area contributed by atoms with Crippen LogP contribution in [0.1, 0.15) is 187 Å². The molecule has 9 heteroatoms. The lowest BCUT2D eigenvalue weighted by Crippen LogP contribution is -2.59. The Labute approximate surface area is 360 Å². The van der Waals surface area contributed by atoms with Crippen molar-refractivity contribution in [3.8, 4) is 0 Å². The Morgan fingerprint density at radius 2 is 1.03 bits per heavy atom. The van der Waals surface area contributed by atoms with Crippen molar-refractivity contribution in [3.05, 3.63) is 60.8 Å². The number of hydrogen-bond donors (Lipinski definition) is 4. The summed E-state index contributed by atoms with van der Waals surface area (Å²) >= 11 is 0. The van der Waals surface area contributed by atoms with E-state index >= 15 is 0 Å². The van der Waals surface area contributed by atoms with E-state index in [9.17, 15) is 25.2 Å². The Balaban J connectivity index is 2.26. The number of allylic oxidation sites excluding steroid dienone is 10. The van der Waals surface area contributed by atoms with Crippen LogP contribution in [0.15, 0.2) is 60.8 Å². The van der Waals surface area contributed by atoms with E-state index in [1.807, 2.05) is 0 Å². The lowest BCUT2D eigenvalue weighted by Gasteiger charge is -2.39. The van der Waals surface area contributed by atoms with Crippen LogP contribution < -0.4 is 0 Å². The van der Waals surface area contributed by atoms with Crippen LogP contribution >= 0.6 is 0 Å². The number of esters is 1. The van der Waals surface area contributed by atoms with Crippen LogP contribution in [0.5, 0.6) is 0 Å². The van der Waals surface area contributed by atoms with Crippen LogP contribution in [-0.4, -0.2) is 89.6 Å². The Kier molecular flexibility index (Phi) is 38.4. The molecule has 0 aromatic rings. The van der Waals surface area contributed by atoms with Gasteiger partial charge in [0.15, 0.2) is 6.29 Å². The summed E-state index contributed by atoms with van der Waals surface area (Å²) in [5.41, 5.74) is 0. The highest BCUT2D eigenvalue weighted by Gasteiger charge is 2.44. The Bertz CT molecular complexity index is 1080. The van der Waals surface area contributed by atoms with Gasteiger partial charge in [0.25, 0.3) is 0 Å². The van der Waals surface area contributed by atoms with E-state index in [2.05, 4.69) is 74.6 Å². The molecule has 0 bridgehead atoms. The molecule has 0 amide bonds. The van der Waals surface area contributed by atoms with Crippen molar-refractivity contribution >= 4 is 5.97 Å². The molecule has 59 heavy (non-hydrogen) atoms. The second-order valence-electron chi connectivity index (χ2n) is 16.2. The van der Waals surface area contributed by atoms with Gasteiger partial charge < -0.3 is 39.4 Å². The van der Waals surface area contributed by atoms with E-state index in [0.717, 1.165) is 70.6 Å². The highest BCUT2D eigenvalue weighted by molar-refractivity contribution is 5.69. The maximum absolute atomic E-state index is 12.8. The van der Waals surface area contributed by atoms with Crippen molar-refractivity contribution in [1.82, 2.24) is 0 Å². The van der Waals surface area contributed by atoms with Crippen molar-refractivity contribution in [1.29, 1.82) is 0 Å². The predicted octanol–water partition coefficient (Wildman–Crippen LogP) is 11.1. The average molecular weight is 833 g/mol. The summed E-state index contributed by atoms with van der Waals surface area (Å²) in [6, 6.07) is 0. The molecule has 9 nitrogen and oxygen atoms in total. The molecule has 0 aromatic heterocycles. The summed E-state index contributed by atoms with van der Waals surface area (Å²) in [4.78, 5) is 12.8. The summed E-state index contributed by atoms with van der Waals surface area (Å²) in [5.74, 6) is -0.326. The molecule has 0 aromatic carbocycles. The van der Waals surface area contributed by atoms with Gasteiger partial charge in [-0.25, -0.2) is 0 Å². The van der Waals surface area contributed by atoms with Crippen LogP contribution in [-0.2, 0) is 23.7 Å². The number of unbranched alkanes of at least 4 members (excludes halogenated alkanes) is 19. The maximum atomic E-state index is 12.8. The molecule has 6 atom stereocenters. The summed E-state index contributed by atoms with van der Waals surface area (Å²) < 4.78 is 22.8. The van der Waals surface area contributed by atoms with Crippen LogP contribution in [0.3, 0.4) is 0 Å². The molecule has 1 saturated heterocycles. The molecule has 0 radical (unpaired) electrons. The topological polar surface area (TPSA) is 135 Å². The lowest BCUT2D eigenvalue weighted by atomic mass is 9.99. The number of carbonyl (C=O) groups excluding carboxylic acids is 1. The molecule has 6 unspecified atom stereocenters. The third-order valence-electron chi connectivity index (χ3n) is 10.7. The summed E-state index contributed by atoms with van der Waals surface area (Å²) in [6.45, 7) is 4.40. The normalized spacial score (nSPS) is 20.7. The summed E-state index contributed by atoms with van der Waals surface area (Å²) in [6.07, 6.45) is 45.3. The molecule has 1 aliphatic rings. The first-order valence-corrected chi connectivity index (χ1v) is 23.9. The smallest absolute Gasteiger partial charge is 0.306 e. The summed E-state index contributed by atoms with van der Waals surface area (Å²) in [5, 5.41) is 40.2. The number of aliphatic hydroxyl groups excluding tert-OH is 4. The first kappa shape index (κ1) is 54.9. The van der Waals surface area contributed by atoms with Gasteiger partial charge in [0.1, 0.15) is 30.5 Å². The number of rotatable bonds is 40. The van der Waals surface area contributed by atoms with Gasteiger partial charge >= 0.3 is 5.97 Å². The molecule has 0 spiro atoms. The van der Waals surface area contributed by atoms with E-state index in [1.54, 1.807) is 0 Å². The van der Waals surface area contributed by atoms with Crippen molar-refractivity contribution in [2.45, 2.75) is 224 Å². The fourth-order valence-electron chi connectivity index (χ4n) is 6.95. The van der Waals surface area contributed by atoms with Crippen molar-refractivity contribution in [2.24, 2.45) is 0 Å². The maximum Gasteiger partial charge on any atom is 0.306 e. The molecule has 4 N–H and O–H groups in total. The number of aliphatic hydroxyl groups is 4. The van der Waals surface area contributed by atoms with E-state index in [4.69, 9.17) is 18.9 Å². The molecule has 1 heterocycles. The molecule has 0 saturated carbocycles. The second kappa shape index (κ2) is 41.3. The lowest BCUT2D eigenvalue weighted by molar-refractivity contribution is -0.305. The minimum atomic E-state index is -1.54. The Morgan fingerprint density at radius 1 is 0.559 bits per heavy atom. The zero-order valence-electron chi connectivity index (χ0n) is 37.5. The third-order valence-corrected chi connectivity index (χ3v) is 10.7. The number of hydrogen-bond acceptors (Lipinski definition) is 9. The van der Waals surface area contributed by atoms with E-state index in [0.29, 0.717) is 13.0 Å².